The van der Waals surface area contributed by atoms with E-state index in [4.69, 9.17) is 25.8 Å². The van der Waals surface area contributed by atoms with Crippen molar-refractivity contribution in [3.05, 3.63) is 113 Å². The number of Topliss-reactive ketones (excluding diaryl/α,β-unsaturated/α-hetero) is 1. The third kappa shape index (κ3) is 8.04. The Labute approximate surface area is 289 Å². The first-order valence-electron chi connectivity index (χ1n) is 16.0. The first-order valence-corrected chi connectivity index (χ1v) is 16.4. The van der Waals surface area contributed by atoms with Crippen molar-refractivity contribution in [1.29, 1.82) is 0 Å². The molecule has 11 heteroatoms. The highest BCUT2D eigenvalue weighted by Gasteiger charge is 2.56. The number of anilines is 2. The van der Waals surface area contributed by atoms with Crippen LogP contribution in [0.1, 0.15) is 44.2 Å². The van der Waals surface area contributed by atoms with Gasteiger partial charge in [0.25, 0.3) is 0 Å². The van der Waals surface area contributed by atoms with E-state index in [1.165, 1.54) is 19.1 Å². The van der Waals surface area contributed by atoms with Gasteiger partial charge in [-0.2, -0.15) is 0 Å². The molecule has 0 bridgehead atoms. The van der Waals surface area contributed by atoms with Gasteiger partial charge in [-0.1, -0.05) is 54.1 Å². The molecule has 4 aromatic rings. The summed E-state index contributed by atoms with van der Waals surface area (Å²) in [4.78, 5) is 42.1. The molecule has 1 fully saturated rings. The second-order valence-corrected chi connectivity index (χ2v) is 12.3. The number of benzene rings is 4. The van der Waals surface area contributed by atoms with Gasteiger partial charge in [-0.15, -0.1) is 0 Å². The molecule has 49 heavy (non-hydrogen) atoms. The van der Waals surface area contributed by atoms with Crippen LogP contribution in [0.4, 0.5) is 15.8 Å². The van der Waals surface area contributed by atoms with Gasteiger partial charge in [0, 0.05) is 17.9 Å². The summed E-state index contributed by atoms with van der Waals surface area (Å²) in [6.07, 6.45) is -0.440. The molecule has 256 valence electrons. The van der Waals surface area contributed by atoms with Crippen molar-refractivity contribution in [2.24, 2.45) is 11.8 Å². The summed E-state index contributed by atoms with van der Waals surface area (Å²) in [5.74, 6) is -4.82. The van der Waals surface area contributed by atoms with Crippen molar-refractivity contribution in [3.8, 4) is 17.2 Å². The molecule has 3 N–H and O–H groups in total. The Hall–Kier alpha value is -4.93. The molecule has 4 atom stereocenters. The van der Waals surface area contributed by atoms with Crippen LogP contribution in [-0.2, 0) is 21.0 Å². The highest BCUT2D eigenvalue weighted by atomic mass is 35.5. The lowest BCUT2D eigenvalue weighted by Gasteiger charge is -2.44. The molecule has 0 aromatic heterocycles. The van der Waals surface area contributed by atoms with Gasteiger partial charge < -0.3 is 30.0 Å². The van der Waals surface area contributed by atoms with Gasteiger partial charge in [0.15, 0.2) is 0 Å². The lowest BCUT2D eigenvalue weighted by atomic mass is 9.61. The van der Waals surface area contributed by atoms with Gasteiger partial charge in [0.05, 0.1) is 41.1 Å². The monoisotopic (exact) mass is 688 g/mol. The molecule has 0 heterocycles. The van der Waals surface area contributed by atoms with Gasteiger partial charge in [0.1, 0.15) is 41.4 Å². The number of ketones is 1. The fourth-order valence-corrected chi connectivity index (χ4v) is 6.44. The maximum Gasteiger partial charge on any atom is 0.235 e. The lowest BCUT2D eigenvalue weighted by molar-refractivity contribution is -0.150. The maximum atomic E-state index is 14.3. The van der Waals surface area contributed by atoms with E-state index in [1.807, 2.05) is 13.8 Å². The normalized spacial score (nSPS) is 20.3. The number of carbonyl (C=O) groups is 3. The van der Waals surface area contributed by atoms with Gasteiger partial charge in [-0.3, -0.25) is 14.4 Å². The lowest BCUT2D eigenvalue weighted by Crippen LogP contribution is -2.56. The Morgan fingerprint density at radius 1 is 0.837 bits per heavy atom. The molecule has 4 aromatic carbocycles. The number of carbonyl (C=O) groups excluding carboxylic acids is 3. The predicted molar refractivity (Wildman–Crippen MR) is 185 cm³/mol. The van der Waals surface area contributed by atoms with E-state index in [0.717, 1.165) is 0 Å². The van der Waals surface area contributed by atoms with Gasteiger partial charge in [-0.25, -0.2) is 4.39 Å². The maximum absolute atomic E-state index is 14.3. The van der Waals surface area contributed by atoms with Crippen LogP contribution >= 0.6 is 11.6 Å². The zero-order chi connectivity index (χ0) is 35.1. The minimum atomic E-state index is -1.83. The molecule has 0 saturated heterocycles. The number of hydrogen-bond acceptors (Lipinski definition) is 7. The zero-order valence-corrected chi connectivity index (χ0v) is 28.1. The number of hydrogen-bond donors (Lipinski definition) is 3. The van der Waals surface area contributed by atoms with Crippen molar-refractivity contribution < 1.29 is 38.1 Å². The average Bonchev–Trinajstić information content (AvgIpc) is 3.06. The smallest absolute Gasteiger partial charge is 0.235 e. The number of rotatable bonds is 12. The summed E-state index contributed by atoms with van der Waals surface area (Å²) in [5, 5.41) is 17.7. The molecule has 0 radical (unpaired) electrons. The largest absolute Gasteiger partial charge is 0.492 e. The second-order valence-electron chi connectivity index (χ2n) is 11.9. The van der Waals surface area contributed by atoms with Crippen LogP contribution < -0.4 is 24.8 Å². The SMILES string of the molecule is CCOc1ccccc1NC(=O)C1C(=O)CC(C)(O)C(C(=O)Nc2ccccc2OCC)C1c1ccc(OCc2c(F)cccc2Cl)cc1. The Bertz CT molecular complexity index is 1790. The van der Waals surface area contributed by atoms with Gasteiger partial charge in [-0.05, 0) is 74.9 Å². The number of nitrogens with one attached hydrogen (secondary N) is 2. The van der Waals surface area contributed by atoms with Crippen LogP contribution in [0.5, 0.6) is 17.2 Å². The predicted octanol–water partition coefficient (Wildman–Crippen LogP) is 7.17. The standard InChI is InChI=1S/C38H38ClFN2O7/c1-4-47-31-15-8-6-13-28(31)41-36(44)34-30(43)21-38(3,46)35(37(45)42-29-14-7-9-16-32(29)48-5-2)33(34)23-17-19-24(20-18-23)49-22-25-26(39)11-10-12-27(25)40/h6-20,33-35,46H,4-5,21-22H2,1-3H3,(H,41,44)(H,42,45). The molecule has 9 nitrogen and oxygen atoms in total. The molecule has 2 amide bonds. The number of ether oxygens (including phenoxy) is 3. The van der Waals surface area contributed by atoms with Crippen molar-refractivity contribution in [2.45, 2.75) is 45.3 Å². The van der Waals surface area contributed by atoms with Crippen LogP contribution in [0.15, 0.2) is 91.0 Å². The van der Waals surface area contributed by atoms with E-state index in [9.17, 15) is 23.9 Å². The third-order valence-corrected chi connectivity index (χ3v) is 8.79. The van der Waals surface area contributed by atoms with Crippen LogP contribution in [0.3, 0.4) is 0 Å². The second kappa shape index (κ2) is 15.5. The third-order valence-electron chi connectivity index (χ3n) is 8.43. The summed E-state index contributed by atoms with van der Waals surface area (Å²) >= 11 is 6.16. The first kappa shape index (κ1) is 35.4. The summed E-state index contributed by atoms with van der Waals surface area (Å²) in [7, 11) is 0. The number of aliphatic hydroxyl groups is 1. The van der Waals surface area contributed by atoms with Crippen molar-refractivity contribution in [1.82, 2.24) is 0 Å². The minimum absolute atomic E-state index is 0.143. The van der Waals surface area contributed by atoms with E-state index < -0.39 is 53.2 Å². The Morgan fingerprint density at radius 3 is 1.98 bits per heavy atom. The topological polar surface area (TPSA) is 123 Å². The van der Waals surface area contributed by atoms with Crippen LogP contribution in [0.2, 0.25) is 5.02 Å². The molecular weight excluding hydrogens is 651 g/mol. The number of halogens is 2. The molecule has 1 saturated carbocycles. The molecule has 1 aliphatic carbocycles. The highest BCUT2D eigenvalue weighted by molar-refractivity contribution is 6.31. The van der Waals surface area contributed by atoms with E-state index in [-0.39, 0.29) is 17.2 Å². The summed E-state index contributed by atoms with van der Waals surface area (Å²) < 4.78 is 31.5. The van der Waals surface area contributed by atoms with Crippen molar-refractivity contribution >= 4 is 40.6 Å². The van der Waals surface area contributed by atoms with Crippen LogP contribution in [-0.4, -0.2) is 41.5 Å². The fourth-order valence-electron chi connectivity index (χ4n) is 6.23. The van der Waals surface area contributed by atoms with Crippen LogP contribution in [0.25, 0.3) is 0 Å². The Kier molecular flexibility index (Phi) is 11.2. The van der Waals surface area contributed by atoms with Gasteiger partial charge in [0.2, 0.25) is 11.8 Å². The Morgan fingerprint density at radius 2 is 1.41 bits per heavy atom. The van der Waals surface area contributed by atoms with Gasteiger partial charge >= 0.3 is 0 Å². The summed E-state index contributed by atoms with van der Waals surface area (Å²) in [6.45, 7) is 5.61. The highest BCUT2D eigenvalue weighted by Crippen LogP contribution is 2.47. The van der Waals surface area contributed by atoms with E-state index in [0.29, 0.717) is 47.4 Å². The summed E-state index contributed by atoms with van der Waals surface area (Å²) in [5.41, 5.74) is -0.469. The van der Waals surface area contributed by atoms with Crippen molar-refractivity contribution in [2.75, 3.05) is 23.8 Å². The average molecular weight is 689 g/mol. The molecule has 0 aliphatic heterocycles. The molecule has 1 aliphatic rings. The van der Waals surface area contributed by atoms with E-state index >= 15 is 0 Å². The zero-order valence-electron chi connectivity index (χ0n) is 27.4. The first-order chi connectivity index (χ1) is 23.5. The molecular formula is C38H38ClFN2O7. The fraction of sp³-hybridized carbons (Fsp3) is 0.289. The van der Waals surface area contributed by atoms with Crippen molar-refractivity contribution in [3.63, 3.8) is 0 Å². The Balaban J connectivity index is 1.52. The minimum Gasteiger partial charge on any atom is -0.492 e. The molecule has 0 spiro atoms. The number of amides is 2. The van der Waals surface area contributed by atoms with Crippen LogP contribution in [0, 0.1) is 17.7 Å². The molecule has 4 unspecified atom stereocenters. The van der Waals surface area contributed by atoms with E-state index in [1.54, 1.807) is 78.9 Å². The molecule has 5 rings (SSSR count). The summed E-state index contributed by atoms with van der Waals surface area (Å²) in [6, 6.07) is 24.5. The quantitative estimate of drug-likeness (QED) is 0.135. The number of para-hydroxylation sites is 4. The van der Waals surface area contributed by atoms with E-state index in [2.05, 4.69) is 10.6 Å².